The second kappa shape index (κ2) is 7.48. The molecule has 1 unspecified atom stereocenters. The van der Waals surface area contributed by atoms with Crippen molar-refractivity contribution in [1.82, 2.24) is 5.01 Å². The number of rotatable bonds is 3. The van der Waals surface area contributed by atoms with E-state index in [0.717, 1.165) is 22.3 Å². The van der Waals surface area contributed by atoms with Gasteiger partial charge in [0, 0.05) is 5.56 Å². The number of imide groups is 1. The van der Waals surface area contributed by atoms with Gasteiger partial charge in [-0.2, -0.15) is 5.10 Å². The third-order valence-corrected chi connectivity index (χ3v) is 7.21. The van der Waals surface area contributed by atoms with Crippen LogP contribution >= 0.6 is 0 Å². The van der Waals surface area contributed by atoms with Gasteiger partial charge in [0.2, 0.25) is 11.8 Å². The maximum atomic E-state index is 13.9. The Morgan fingerprint density at radius 3 is 2.32 bits per heavy atom. The lowest BCUT2D eigenvalue weighted by atomic mass is 9.83. The molecule has 2 amide bonds. The van der Waals surface area contributed by atoms with E-state index < -0.39 is 23.9 Å². The molecule has 3 heterocycles. The molecule has 6 rings (SSSR count). The average Bonchev–Trinajstić information content (AvgIpc) is 3.32. The second-order valence-corrected chi connectivity index (χ2v) is 9.23. The fraction of sp³-hybridized carbons (Fsp3) is 0.214. The molecule has 3 aromatic carbocycles. The first kappa shape index (κ1) is 20.5. The Kier molecular flexibility index (Phi) is 4.52. The minimum atomic E-state index is -0.853. The number of carbonyl (C=O) groups is 3. The van der Waals surface area contributed by atoms with E-state index in [1.54, 1.807) is 35.5 Å². The lowest BCUT2D eigenvalue weighted by Crippen LogP contribution is -2.44. The van der Waals surface area contributed by atoms with Gasteiger partial charge < -0.3 is 0 Å². The Morgan fingerprint density at radius 1 is 0.853 bits per heavy atom. The van der Waals surface area contributed by atoms with E-state index in [2.05, 4.69) is 5.10 Å². The zero-order valence-corrected chi connectivity index (χ0v) is 18.9. The molecule has 4 atom stereocenters. The Labute approximate surface area is 197 Å². The molecule has 3 aliphatic heterocycles. The van der Waals surface area contributed by atoms with Crippen molar-refractivity contribution >= 4 is 29.5 Å². The van der Waals surface area contributed by atoms with Crippen molar-refractivity contribution < 1.29 is 14.4 Å². The summed E-state index contributed by atoms with van der Waals surface area (Å²) in [5.41, 5.74) is 4.82. The molecule has 0 saturated carbocycles. The molecular formula is C28H23N3O3. The fourth-order valence-corrected chi connectivity index (χ4v) is 5.74. The van der Waals surface area contributed by atoms with Crippen LogP contribution in [0.3, 0.4) is 0 Å². The molecule has 34 heavy (non-hydrogen) atoms. The summed E-state index contributed by atoms with van der Waals surface area (Å²) in [5, 5.41) is 6.30. The summed E-state index contributed by atoms with van der Waals surface area (Å²) in [6, 6.07) is 21.0. The molecule has 0 aliphatic carbocycles. The molecule has 0 aromatic heterocycles. The number of Topliss-reactive ketones (excluding diaryl/α,β-unsaturated/α-hetero) is 1. The van der Waals surface area contributed by atoms with Crippen LogP contribution in [0.5, 0.6) is 0 Å². The zero-order valence-electron chi connectivity index (χ0n) is 18.9. The highest BCUT2D eigenvalue weighted by molar-refractivity contribution is 6.25. The summed E-state index contributed by atoms with van der Waals surface area (Å²) in [5.74, 6) is -2.30. The van der Waals surface area contributed by atoms with E-state index in [1.165, 1.54) is 4.90 Å². The molecule has 3 aromatic rings. The molecule has 0 bridgehead atoms. The largest absolute Gasteiger partial charge is 0.292 e. The van der Waals surface area contributed by atoms with Crippen molar-refractivity contribution in [3.05, 3.63) is 101 Å². The number of anilines is 1. The van der Waals surface area contributed by atoms with E-state index in [-0.39, 0.29) is 17.6 Å². The number of hydrogen-bond donors (Lipinski definition) is 0. The predicted octanol–water partition coefficient (Wildman–Crippen LogP) is 4.06. The van der Waals surface area contributed by atoms with Crippen molar-refractivity contribution in [3.8, 4) is 0 Å². The molecule has 0 N–H and O–H groups in total. The van der Waals surface area contributed by atoms with Crippen LogP contribution in [-0.2, 0) is 9.59 Å². The maximum Gasteiger partial charge on any atom is 0.240 e. The number of aryl methyl sites for hydroxylation is 2. The number of amides is 2. The Bertz CT molecular complexity index is 1380. The molecular weight excluding hydrogens is 426 g/mol. The SMILES string of the molecule is Cc1ccc(N2C(=O)[C@@H]3[C@H](C2=O)C2c4ccccc4C=NN2[C@@H]3C(=O)c2ccccc2)c(C)c1. The van der Waals surface area contributed by atoms with Crippen molar-refractivity contribution in [2.45, 2.75) is 25.9 Å². The van der Waals surface area contributed by atoms with Crippen LogP contribution in [0.2, 0.25) is 0 Å². The minimum absolute atomic E-state index is 0.196. The molecule has 3 aliphatic rings. The number of ketones is 1. The summed E-state index contributed by atoms with van der Waals surface area (Å²) < 4.78 is 0. The van der Waals surface area contributed by atoms with Crippen LogP contribution in [0.4, 0.5) is 5.69 Å². The third kappa shape index (κ3) is 2.81. The summed E-state index contributed by atoms with van der Waals surface area (Å²) >= 11 is 0. The maximum absolute atomic E-state index is 13.9. The summed E-state index contributed by atoms with van der Waals surface area (Å²) in [6.45, 7) is 3.87. The van der Waals surface area contributed by atoms with Crippen LogP contribution in [0, 0.1) is 25.7 Å². The molecule has 2 saturated heterocycles. The normalized spacial score (nSPS) is 24.8. The lowest BCUT2D eigenvalue weighted by Gasteiger charge is -2.34. The van der Waals surface area contributed by atoms with Crippen LogP contribution in [0.1, 0.15) is 38.7 Å². The number of nitrogens with zero attached hydrogens (tertiary/aromatic N) is 3. The van der Waals surface area contributed by atoms with Gasteiger partial charge in [-0.05, 0) is 36.6 Å². The van der Waals surface area contributed by atoms with E-state index >= 15 is 0 Å². The summed E-state index contributed by atoms with van der Waals surface area (Å²) in [4.78, 5) is 42.9. The average molecular weight is 450 g/mol. The molecule has 6 nitrogen and oxygen atoms in total. The van der Waals surface area contributed by atoms with Crippen LogP contribution in [0.15, 0.2) is 77.9 Å². The van der Waals surface area contributed by atoms with Crippen molar-refractivity contribution in [1.29, 1.82) is 0 Å². The Hall–Kier alpha value is -4.06. The van der Waals surface area contributed by atoms with Crippen molar-refractivity contribution in [2.75, 3.05) is 4.90 Å². The van der Waals surface area contributed by atoms with Crippen LogP contribution in [0.25, 0.3) is 0 Å². The quantitative estimate of drug-likeness (QED) is 0.447. The Morgan fingerprint density at radius 2 is 1.56 bits per heavy atom. The van der Waals surface area contributed by atoms with Crippen LogP contribution < -0.4 is 4.90 Å². The Balaban J connectivity index is 1.51. The smallest absolute Gasteiger partial charge is 0.240 e. The molecule has 0 radical (unpaired) electrons. The van der Waals surface area contributed by atoms with Gasteiger partial charge in [-0.25, -0.2) is 4.90 Å². The topological polar surface area (TPSA) is 70.1 Å². The van der Waals surface area contributed by atoms with E-state index in [9.17, 15) is 14.4 Å². The highest BCUT2D eigenvalue weighted by atomic mass is 16.2. The van der Waals surface area contributed by atoms with Crippen LogP contribution in [-0.4, -0.2) is 34.9 Å². The van der Waals surface area contributed by atoms with Gasteiger partial charge in [0.05, 0.1) is 29.8 Å². The predicted molar refractivity (Wildman–Crippen MR) is 129 cm³/mol. The molecule has 6 heteroatoms. The first-order valence-corrected chi connectivity index (χ1v) is 11.4. The van der Waals surface area contributed by atoms with Gasteiger partial charge in [-0.3, -0.25) is 19.4 Å². The first-order chi connectivity index (χ1) is 16.5. The number of carbonyl (C=O) groups excluding carboxylic acids is 3. The number of fused-ring (bicyclic) bond motifs is 5. The second-order valence-electron chi connectivity index (χ2n) is 9.23. The van der Waals surface area contributed by atoms with Gasteiger partial charge in [0.15, 0.2) is 5.78 Å². The van der Waals surface area contributed by atoms with E-state index in [1.807, 2.05) is 62.4 Å². The highest BCUT2D eigenvalue weighted by Crippen LogP contribution is 2.53. The van der Waals surface area contributed by atoms with E-state index in [0.29, 0.717) is 11.3 Å². The first-order valence-electron chi connectivity index (χ1n) is 11.4. The molecule has 0 spiro atoms. The zero-order chi connectivity index (χ0) is 23.6. The summed E-state index contributed by atoms with van der Waals surface area (Å²) in [7, 11) is 0. The molecule has 168 valence electrons. The minimum Gasteiger partial charge on any atom is -0.292 e. The standard InChI is InChI=1S/C28H23N3O3/c1-16-12-13-21(17(2)14-16)30-27(33)22-23(28(30)34)25(26(32)18-8-4-3-5-9-18)31-24(22)20-11-7-6-10-19(20)15-29-31/h3-15,22-25H,1-2H3/t22-,23+,24?,25-/m0/s1. The lowest BCUT2D eigenvalue weighted by molar-refractivity contribution is -0.124. The van der Waals surface area contributed by atoms with Gasteiger partial charge >= 0.3 is 0 Å². The van der Waals surface area contributed by atoms with Crippen molar-refractivity contribution in [2.24, 2.45) is 16.9 Å². The number of hydrogen-bond acceptors (Lipinski definition) is 5. The molecule has 2 fully saturated rings. The van der Waals surface area contributed by atoms with Crippen molar-refractivity contribution in [3.63, 3.8) is 0 Å². The number of benzene rings is 3. The summed E-state index contributed by atoms with van der Waals surface area (Å²) in [6.07, 6.45) is 1.72. The van der Waals surface area contributed by atoms with Gasteiger partial charge in [-0.1, -0.05) is 72.3 Å². The van der Waals surface area contributed by atoms with Gasteiger partial charge in [0.25, 0.3) is 0 Å². The van der Waals surface area contributed by atoms with E-state index in [4.69, 9.17) is 0 Å². The third-order valence-electron chi connectivity index (χ3n) is 7.21. The van der Waals surface area contributed by atoms with Gasteiger partial charge in [0.1, 0.15) is 6.04 Å². The highest BCUT2D eigenvalue weighted by Gasteiger charge is 2.65. The number of hydrazone groups is 1. The fourth-order valence-electron chi connectivity index (χ4n) is 5.74. The monoisotopic (exact) mass is 449 g/mol. The van der Waals surface area contributed by atoms with Gasteiger partial charge in [-0.15, -0.1) is 0 Å².